The summed E-state index contributed by atoms with van der Waals surface area (Å²) in [6.45, 7) is 3.74. The minimum Gasteiger partial charge on any atom is -0.382 e. The summed E-state index contributed by atoms with van der Waals surface area (Å²) < 4.78 is 1.72. The van der Waals surface area contributed by atoms with Crippen molar-refractivity contribution in [2.75, 3.05) is 0 Å². The second-order valence-electron chi connectivity index (χ2n) is 5.94. The highest BCUT2D eigenvalue weighted by molar-refractivity contribution is 6.32. The van der Waals surface area contributed by atoms with Gasteiger partial charge in [0.1, 0.15) is 20.0 Å². The van der Waals surface area contributed by atoms with E-state index in [9.17, 15) is 5.11 Å². The minimum atomic E-state index is -0.858. The Morgan fingerprint density at radius 2 is 2.04 bits per heavy atom. The largest absolute Gasteiger partial charge is 0.382 e. The molecule has 25 heavy (non-hydrogen) atoms. The number of aliphatic hydroxyl groups is 1. The Morgan fingerprint density at radius 1 is 1.28 bits per heavy atom. The van der Waals surface area contributed by atoms with Crippen LogP contribution in [0.3, 0.4) is 0 Å². The molecule has 0 saturated heterocycles. The normalized spacial score (nSPS) is 12.0. The third kappa shape index (κ3) is 3.17. The third-order valence-corrected chi connectivity index (χ3v) is 4.47. The monoisotopic (exact) mass is 350 g/mol. The standard InChI is InChI=1S/C18H16BClN4O/c1-10-17(18(25)16-6-4-13(19)9-22-16)11(2)24(23-10)14-5-3-12(8-21)15(20)7-14/h3-7,9,18,25H,19H2,1-2H3. The molecule has 0 amide bonds. The zero-order chi connectivity index (χ0) is 18.1. The summed E-state index contributed by atoms with van der Waals surface area (Å²) in [6, 6.07) is 10.9. The Labute approximate surface area is 151 Å². The van der Waals surface area contributed by atoms with Crippen LogP contribution in [0, 0.1) is 25.2 Å². The molecular formula is C18H16BClN4O. The lowest BCUT2D eigenvalue weighted by Crippen LogP contribution is -2.09. The lowest BCUT2D eigenvalue weighted by molar-refractivity contribution is 0.214. The van der Waals surface area contributed by atoms with Crippen molar-refractivity contribution in [3.8, 4) is 11.8 Å². The molecule has 1 N–H and O–H groups in total. The highest BCUT2D eigenvalue weighted by atomic mass is 35.5. The molecule has 0 fully saturated rings. The number of aliphatic hydroxyl groups excluding tert-OH is 1. The Morgan fingerprint density at radius 3 is 2.64 bits per heavy atom. The van der Waals surface area contributed by atoms with Crippen LogP contribution < -0.4 is 5.46 Å². The van der Waals surface area contributed by atoms with Crippen LogP contribution in [0.5, 0.6) is 0 Å². The fourth-order valence-electron chi connectivity index (χ4n) is 2.82. The van der Waals surface area contributed by atoms with E-state index in [-0.39, 0.29) is 0 Å². The van der Waals surface area contributed by atoms with Crippen LogP contribution in [0.4, 0.5) is 0 Å². The summed E-state index contributed by atoms with van der Waals surface area (Å²) in [7, 11) is 1.95. The summed E-state index contributed by atoms with van der Waals surface area (Å²) in [4.78, 5) is 4.31. The van der Waals surface area contributed by atoms with E-state index in [0.717, 1.165) is 22.4 Å². The molecule has 0 aliphatic carbocycles. The van der Waals surface area contributed by atoms with Gasteiger partial charge in [-0.15, -0.1) is 0 Å². The van der Waals surface area contributed by atoms with Gasteiger partial charge in [0, 0.05) is 17.5 Å². The number of nitrogens with zero attached hydrogens (tertiary/aromatic N) is 4. The van der Waals surface area contributed by atoms with Gasteiger partial charge in [0.2, 0.25) is 0 Å². The molecule has 3 aromatic rings. The fourth-order valence-corrected chi connectivity index (χ4v) is 3.03. The van der Waals surface area contributed by atoms with Gasteiger partial charge in [-0.2, -0.15) is 10.4 Å². The zero-order valence-electron chi connectivity index (χ0n) is 14.2. The van der Waals surface area contributed by atoms with Gasteiger partial charge in [-0.05, 0) is 38.1 Å². The molecule has 124 valence electrons. The van der Waals surface area contributed by atoms with E-state index in [1.54, 1.807) is 29.1 Å². The highest BCUT2D eigenvalue weighted by Gasteiger charge is 2.22. The van der Waals surface area contributed by atoms with E-state index in [2.05, 4.69) is 10.1 Å². The predicted octanol–water partition coefficient (Wildman–Crippen LogP) is 1.75. The third-order valence-electron chi connectivity index (χ3n) is 4.15. The van der Waals surface area contributed by atoms with E-state index >= 15 is 0 Å². The number of nitriles is 1. The molecule has 0 saturated carbocycles. The van der Waals surface area contributed by atoms with Crippen LogP contribution in [0.2, 0.25) is 5.02 Å². The van der Waals surface area contributed by atoms with Gasteiger partial charge in [-0.3, -0.25) is 4.98 Å². The number of halogens is 1. The summed E-state index contributed by atoms with van der Waals surface area (Å²) in [5, 5.41) is 24.7. The maximum atomic E-state index is 10.8. The number of benzene rings is 1. The molecule has 0 aliphatic rings. The van der Waals surface area contributed by atoms with Crippen molar-refractivity contribution in [2.24, 2.45) is 0 Å². The molecule has 0 radical (unpaired) electrons. The number of hydrogen-bond donors (Lipinski definition) is 1. The van der Waals surface area contributed by atoms with Crippen LogP contribution in [0.15, 0.2) is 36.5 Å². The van der Waals surface area contributed by atoms with Crippen LogP contribution in [-0.2, 0) is 0 Å². The van der Waals surface area contributed by atoms with E-state index in [1.807, 2.05) is 39.9 Å². The molecule has 7 heteroatoms. The molecule has 2 heterocycles. The molecule has 3 rings (SSSR count). The second-order valence-corrected chi connectivity index (χ2v) is 6.34. The first-order chi connectivity index (χ1) is 11.9. The van der Waals surface area contributed by atoms with E-state index in [1.165, 1.54) is 0 Å². The van der Waals surface area contributed by atoms with Crippen LogP contribution >= 0.6 is 11.6 Å². The summed E-state index contributed by atoms with van der Waals surface area (Å²) in [6.07, 6.45) is 0.872. The van der Waals surface area contributed by atoms with Crippen LogP contribution in [0.25, 0.3) is 5.69 Å². The number of aryl methyl sites for hydroxylation is 1. The summed E-state index contributed by atoms with van der Waals surface area (Å²) in [5.74, 6) is 0. The van der Waals surface area contributed by atoms with Crippen LogP contribution in [-0.4, -0.2) is 27.7 Å². The molecule has 5 nitrogen and oxygen atoms in total. The summed E-state index contributed by atoms with van der Waals surface area (Å²) in [5.41, 5.74) is 5.00. The van der Waals surface area contributed by atoms with Crippen molar-refractivity contribution < 1.29 is 5.11 Å². The van der Waals surface area contributed by atoms with Crippen molar-refractivity contribution in [1.82, 2.24) is 14.8 Å². The first-order valence-electron chi connectivity index (χ1n) is 7.79. The lowest BCUT2D eigenvalue weighted by Gasteiger charge is -2.12. The van der Waals surface area contributed by atoms with Crippen molar-refractivity contribution in [3.05, 3.63) is 69.8 Å². The van der Waals surface area contributed by atoms with Gasteiger partial charge < -0.3 is 5.11 Å². The average Bonchev–Trinajstić information content (AvgIpc) is 2.89. The molecular weight excluding hydrogens is 334 g/mol. The van der Waals surface area contributed by atoms with E-state index in [0.29, 0.717) is 22.0 Å². The quantitative estimate of drug-likeness (QED) is 0.730. The SMILES string of the molecule is Bc1ccc(C(O)c2c(C)nn(-c3ccc(C#N)c(Cl)c3)c2C)nc1. The number of pyridine rings is 1. The molecule has 0 bridgehead atoms. The maximum absolute atomic E-state index is 10.8. The first kappa shape index (κ1) is 17.2. The molecule has 0 spiro atoms. The van der Waals surface area contributed by atoms with Crippen LogP contribution in [0.1, 0.15) is 34.3 Å². The van der Waals surface area contributed by atoms with Gasteiger partial charge in [0.15, 0.2) is 0 Å². The Bertz CT molecular complexity index is 976. The smallest absolute Gasteiger partial charge is 0.141 e. The minimum absolute atomic E-state index is 0.370. The van der Waals surface area contributed by atoms with Gasteiger partial charge >= 0.3 is 0 Å². The maximum Gasteiger partial charge on any atom is 0.141 e. The molecule has 1 aromatic carbocycles. The van der Waals surface area contributed by atoms with Gasteiger partial charge in [-0.1, -0.05) is 23.1 Å². The highest BCUT2D eigenvalue weighted by Crippen LogP contribution is 2.29. The van der Waals surface area contributed by atoms with Crippen molar-refractivity contribution in [3.63, 3.8) is 0 Å². The van der Waals surface area contributed by atoms with Gasteiger partial charge in [0.05, 0.1) is 27.7 Å². The van der Waals surface area contributed by atoms with Crippen molar-refractivity contribution >= 4 is 24.9 Å². The molecule has 0 aliphatic heterocycles. The van der Waals surface area contributed by atoms with Crippen molar-refractivity contribution in [2.45, 2.75) is 20.0 Å². The molecule has 1 atom stereocenters. The van der Waals surface area contributed by atoms with E-state index in [4.69, 9.17) is 16.9 Å². The second kappa shape index (κ2) is 6.71. The Balaban J connectivity index is 2.05. The zero-order valence-corrected chi connectivity index (χ0v) is 14.9. The average molecular weight is 351 g/mol. The first-order valence-corrected chi connectivity index (χ1v) is 8.17. The predicted molar refractivity (Wildman–Crippen MR) is 99.2 cm³/mol. The molecule has 1 unspecified atom stereocenters. The Hall–Kier alpha value is -2.62. The fraction of sp³-hybridized carbons (Fsp3) is 0.167. The topological polar surface area (TPSA) is 74.7 Å². The van der Waals surface area contributed by atoms with E-state index < -0.39 is 6.10 Å². The number of rotatable bonds is 3. The lowest BCUT2D eigenvalue weighted by atomic mass is 9.97. The Kier molecular flexibility index (Phi) is 4.62. The van der Waals surface area contributed by atoms with Gasteiger partial charge in [-0.25, -0.2) is 4.68 Å². The number of hydrogen-bond acceptors (Lipinski definition) is 4. The number of aromatic nitrogens is 3. The van der Waals surface area contributed by atoms with Crippen molar-refractivity contribution in [1.29, 1.82) is 5.26 Å². The van der Waals surface area contributed by atoms with Gasteiger partial charge in [0.25, 0.3) is 0 Å². The molecule has 2 aromatic heterocycles. The summed E-state index contributed by atoms with van der Waals surface area (Å²) >= 11 is 6.13.